The van der Waals surface area contributed by atoms with Crippen LogP contribution in [-0.2, 0) is 9.53 Å². The topological polar surface area (TPSA) is 52.3 Å². The molecule has 3 nitrogen and oxygen atoms in total. The van der Waals surface area contributed by atoms with E-state index in [1.165, 1.54) is 7.11 Å². The lowest BCUT2D eigenvalue weighted by atomic mass is 9.70. The van der Waals surface area contributed by atoms with Gasteiger partial charge in [0.05, 0.1) is 12.5 Å². The molecule has 0 radical (unpaired) electrons. The van der Waals surface area contributed by atoms with Crippen LogP contribution in [0.4, 0.5) is 0 Å². The van der Waals surface area contributed by atoms with Gasteiger partial charge in [0.2, 0.25) is 0 Å². The first-order chi connectivity index (χ1) is 5.79. The number of carbonyl (C=O) groups is 1. The molecule has 0 aliphatic heterocycles. The minimum Gasteiger partial charge on any atom is -0.469 e. The van der Waals surface area contributed by atoms with Crippen molar-refractivity contribution in [1.82, 2.24) is 0 Å². The third-order valence-corrected chi connectivity index (χ3v) is 2.81. The quantitative estimate of drug-likeness (QED) is 0.681. The SMILES string of the molecule is CCCC(C)(C(=O)OC)C(C)(C)N. The second-order valence-corrected chi connectivity index (χ2v) is 4.30. The molecule has 0 aromatic carbocycles. The molecule has 13 heavy (non-hydrogen) atoms. The Bertz CT molecular complexity index is 184. The zero-order valence-corrected chi connectivity index (χ0v) is 9.31. The Morgan fingerprint density at radius 3 is 2.08 bits per heavy atom. The molecule has 0 aromatic heterocycles. The van der Waals surface area contributed by atoms with Crippen molar-refractivity contribution in [3.8, 4) is 0 Å². The average Bonchev–Trinajstić information content (AvgIpc) is 2.01. The van der Waals surface area contributed by atoms with Gasteiger partial charge in [-0.2, -0.15) is 0 Å². The van der Waals surface area contributed by atoms with E-state index in [-0.39, 0.29) is 5.97 Å². The van der Waals surface area contributed by atoms with Crippen LogP contribution in [0.5, 0.6) is 0 Å². The van der Waals surface area contributed by atoms with Crippen molar-refractivity contribution in [2.75, 3.05) is 7.11 Å². The first kappa shape index (κ1) is 12.4. The first-order valence-corrected chi connectivity index (χ1v) is 4.67. The summed E-state index contributed by atoms with van der Waals surface area (Å²) < 4.78 is 4.78. The number of methoxy groups -OCH3 is 1. The normalized spacial score (nSPS) is 16.5. The minimum absolute atomic E-state index is 0.221. The van der Waals surface area contributed by atoms with Crippen molar-refractivity contribution in [2.45, 2.75) is 46.1 Å². The number of carbonyl (C=O) groups excluding carboxylic acids is 1. The van der Waals surface area contributed by atoms with E-state index in [0.29, 0.717) is 0 Å². The molecule has 0 bridgehead atoms. The maximum atomic E-state index is 11.6. The van der Waals surface area contributed by atoms with E-state index in [9.17, 15) is 4.79 Å². The number of hydrogen-bond acceptors (Lipinski definition) is 3. The molecule has 3 heteroatoms. The summed E-state index contributed by atoms with van der Waals surface area (Å²) in [5.74, 6) is -0.221. The van der Waals surface area contributed by atoms with Gasteiger partial charge in [0, 0.05) is 5.54 Å². The van der Waals surface area contributed by atoms with Gasteiger partial charge in [0.1, 0.15) is 0 Å². The van der Waals surface area contributed by atoms with Gasteiger partial charge in [0.15, 0.2) is 0 Å². The minimum atomic E-state index is -0.587. The van der Waals surface area contributed by atoms with Gasteiger partial charge in [-0.1, -0.05) is 13.3 Å². The van der Waals surface area contributed by atoms with E-state index in [1.807, 2.05) is 27.7 Å². The van der Waals surface area contributed by atoms with Gasteiger partial charge in [-0.3, -0.25) is 4.79 Å². The number of esters is 1. The van der Waals surface area contributed by atoms with Crippen LogP contribution in [0.2, 0.25) is 0 Å². The van der Waals surface area contributed by atoms with E-state index >= 15 is 0 Å². The lowest BCUT2D eigenvalue weighted by Gasteiger charge is -2.38. The third-order valence-electron chi connectivity index (χ3n) is 2.81. The zero-order chi connectivity index (χ0) is 10.7. The fraction of sp³-hybridized carbons (Fsp3) is 0.900. The molecular weight excluding hydrogens is 166 g/mol. The highest BCUT2D eigenvalue weighted by molar-refractivity contribution is 5.77. The van der Waals surface area contributed by atoms with Crippen LogP contribution < -0.4 is 5.73 Å². The highest BCUT2D eigenvalue weighted by Gasteiger charge is 2.44. The highest BCUT2D eigenvalue weighted by atomic mass is 16.5. The molecule has 0 saturated carbocycles. The predicted molar refractivity (Wildman–Crippen MR) is 53.3 cm³/mol. The van der Waals surface area contributed by atoms with Crippen LogP contribution in [0.25, 0.3) is 0 Å². The summed E-state index contributed by atoms with van der Waals surface area (Å²) >= 11 is 0. The monoisotopic (exact) mass is 187 g/mol. The average molecular weight is 187 g/mol. The second-order valence-electron chi connectivity index (χ2n) is 4.30. The summed E-state index contributed by atoms with van der Waals surface area (Å²) in [7, 11) is 1.40. The molecule has 0 fully saturated rings. The lowest BCUT2D eigenvalue weighted by molar-refractivity contribution is -0.156. The van der Waals surface area contributed by atoms with Crippen molar-refractivity contribution >= 4 is 5.97 Å². The van der Waals surface area contributed by atoms with E-state index in [1.54, 1.807) is 0 Å². The van der Waals surface area contributed by atoms with Crippen LogP contribution in [0, 0.1) is 5.41 Å². The lowest BCUT2D eigenvalue weighted by Crippen LogP contribution is -2.54. The standard InChI is InChI=1S/C10H21NO2/c1-6-7-10(4,8(12)13-5)9(2,3)11/h6-7,11H2,1-5H3. The Morgan fingerprint density at radius 1 is 1.38 bits per heavy atom. The Morgan fingerprint density at radius 2 is 1.85 bits per heavy atom. The molecule has 0 saturated heterocycles. The second kappa shape index (κ2) is 4.09. The fourth-order valence-electron chi connectivity index (χ4n) is 1.41. The van der Waals surface area contributed by atoms with Crippen molar-refractivity contribution in [1.29, 1.82) is 0 Å². The van der Waals surface area contributed by atoms with Crippen molar-refractivity contribution in [3.63, 3.8) is 0 Å². The zero-order valence-electron chi connectivity index (χ0n) is 9.31. The molecular formula is C10H21NO2. The summed E-state index contributed by atoms with van der Waals surface area (Å²) in [6, 6.07) is 0. The molecule has 0 aliphatic carbocycles. The summed E-state index contributed by atoms with van der Waals surface area (Å²) in [4.78, 5) is 11.6. The molecule has 0 spiro atoms. The van der Waals surface area contributed by atoms with Crippen LogP contribution in [0.3, 0.4) is 0 Å². The molecule has 2 N–H and O–H groups in total. The third kappa shape index (κ3) is 2.44. The number of ether oxygens (including phenoxy) is 1. The van der Waals surface area contributed by atoms with Gasteiger partial charge in [-0.15, -0.1) is 0 Å². The summed E-state index contributed by atoms with van der Waals surface area (Å²) in [6.45, 7) is 7.62. The molecule has 0 rings (SSSR count). The number of hydrogen-bond donors (Lipinski definition) is 1. The molecule has 0 aliphatic rings. The molecule has 78 valence electrons. The van der Waals surface area contributed by atoms with Gasteiger partial charge in [-0.25, -0.2) is 0 Å². The Hall–Kier alpha value is -0.570. The van der Waals surface area contributed by atoms with Gasteiger partial charge in [-0.05, 0) is 27.2 Å². The molecule has 1 unspecified atom stereocenters. The first-order valence-electron chi connectivity index (χ1n) is 4.67. The van der Waals surface area contributed by atoms with E-state index in [2.05, 4.69) is 0 Å². The molecule has 0 amide bonds. The van der Waals surface area contributed by atoms with E-state index in [4.69, 9.17) is 10.5 Å². The maximum absolute atomic E-state index is 11.6. The van der Waals surface area contributed by atoms with Crippen LogP contribution >= 0.6 is 0 Å². The Labute approximate surface area is 80.6 Å². The van der Waals surface area contributed by atoms with Crippen molar-refractivity contribution in [3.05, 3.63) is 0 Å². The van der Waals surface area contributed by atoms with Gasteiger partial charge in [0.25, 0.3) is 0 Å². The Balaban J connectivity index is 4.83. The summed E-state index contributed by atoms with van der Waals surface area (Å²) in [5.41, 5.74) is 4.84. The summed E-state index contributed by atoms with van der Waals surface area (Å²) in [6.07, 6.45) is 1.68. The predicted octanol–water partition coefficient (Wildman–Crippen LogP) is 1.70. The highest BCUT2D eigenvalue weighted by Crippen LogP contribution is 2.35. The smallest absolute Gasteiger partial charge is 0.313 e. The van der Waals surface area contributed by atoms with Gasteiger partial charge >= 0.3 is 5.97 Å². The van der Waals surface area contributed by atoms with Crippen LogP contribution in [0.15, 0.2) is 0 Å². The Kier molecular flexibility index (Phi) is 3.91. The van der Waals surface area contributed by atoms with E-state index < -0.39 is 11.0 Å². The molecule has 0 heterocycles. The fourth-order valence-corrected chi connectivity index (χ4v) is 1.41. The summed E-state index contributed by atoms with van der Waals surface area (Å²) in [5, 5.41) is 0. The van der Waals surface area contributed by atoms with E-state index in [0.717, 1.165) is 12.8 Å². The number of nitrogens with two attached hydrogens (primary N) is 1. The van der Waals surface area contributed by atoms with Gasteiger partial charge < -0.3 is 10.5 Å². The maximum Gasteiger partial charge on any atom is 0.313 e. The number of rotatable bonds is 4. The van der Waals surface area contributed by atoms with Crippen molar-refractivity contribution in [2.24, 2.45) is 11.1 Å². The largest absolute Gasteiger partial charge is 0.469 e. The van der Waals surface area contributed by atoms with Crippen LogP contribution in [-0.4, -0.2) is 18.6 Å². The molecule has 0 aromatic rings. The van der Waals surface area contributed by atoms with Crippen LogP contribution in [0.1, 0.15) is 40.5 Å². The molecule has 1 atom stereocenters. The van der Waals surface area contributed by atoms with Crippen molar-refractivity contribution < 1.29 is 9.53 Å².